The van der Waals surface area contributed by atoms with Gasteiger partial charge in [-0.25, -0.2) is 4.39 Å². The summed E-state index contributed by atoms with van der Waals surface area (Å²) in [6.07, 6.45) is 3.57. The molecule has 124 valence electrons. The fourth-order valence-corrected chi connectivity index (χ4v) is 2.76. The van der Waals surface area contributed by atoms with E-state index in [1.165, 1.54) is 6.07 Å². The fraction of sp³-hybridized carbons (Fsp3) is 0.278. The van der Waals surface area contributed by atoms with Crippen molar-refractivity contribution in [3.05, 3.63) is 41.1 Å². The minimum atomic E-state index is -1.19. The molecule has 2 heterocycles. The molecule has 0 aliphatic heterocycles. The van der Waals surface area contributed by atoms with Crippen LogP contribution in [0.25, 0.3) is 22.0 Å². The van der Waals surface area contributed by atoms with Crippen molar-refractivity contribution in [1.82, 2.24) is 14.8 Å². The molecule has 6 heteroatoms. The van der Waals surface area contributed by atoms with E-state index in [0.29, 0.717) is 11.7 Å². The first kappa shape index (κ1) is 16.6. The Bertz CT molecular complexity index is 970. The van der Waals surface area contributed by atoms with Crippen LogP contribution in [0.3, 0.4) is 0 Å². The van der Waals surface area contributed by atoms with Gasteiger partial charge >= 0.3 is 0 Å². The maximum absolute atomic E-state index is 14.4. The van der Waals surface area contributed by atoms with Crippen molar-refractivity contribution in [3.63, 3.8) is 0 Å². The second kappa shape index (κ2) is 5.97. The van der Waals surface area contributed by atoms with Crippen molar-refractivity contribution in [2.24, 2.45) is 0 Å². The molecular formula is C18H17ClFN3O. The van der Waals surface area contributed by atoms with Crippen LogP contribution < -0.4 is 0 Å². The number of hydrogen-bond acceptors (Lipinski definition) is 2. The van der Waals surface area contributed by atoms with Gasteiger partial charge in [-0.15, -0.1) is 0 Å². The molecule has 2 N–H and O–H groups in total. The first-order chi connectivity index (χ1) is 11.3. The minimum Gasteiger partial charge on any atom is -0.378 e. The Kier molecular flexibility index (Phi) is 4.12. The minimum absolute atomic E-state index is 0.236. The van der Waals surface area contributed by atoms with Gasteiger partial charge in [-0.05, 0) is 32.9 Å². The average Bonchev–Trinajstić information content (AvgIpc) is 3.07. The monoisotopic (exact) mass is 345 g/mol. The summed E-state index contributed by atoms with van der Waals surface area (Å²) in [7, 11) is 0. The maximum atomic E-state index is 14.4. The fourth-order valence-electron chi connectivity index (χ4n) is 2.56. The molecule has 3 aromatic rings. The van der Waals surface area contributed by atoms with Crippen LogP contribution in [0.15, 0.2) is 24.5 Å². The highest BCUT2D eigenvalue weighted by Gasteiger charge is 2.16. The van der Waals surface area contributed by atoms with E-state index in [4.69, 9.17) is 11.6 Å². The summed E-state index contributed by atoms with van der Waals surface area (Å²) in [6, 6.07) is 3.15. The first-order valence-corrected chi connectivity index (χ1v) is 7.95. The number of halogens is 2. The van der Waals surface area contributed by atoms with Crippen molar-refractivity contribution in [1.29, 1.82) is 0 Å². The summed E-state index contributed by atoms with van der Waals surface area (Å²) in [5.74, 6) is 4.94. The van der Waals surface area contributed by atoms with E-state index in [9.17, 15) is 9.50 Å². The van der Waals surface area contributed by atoms with Gasteiger partial charge in [0, 0.05) is 29.3 Å². The molecule has 3 rings (SSSR count). The molecule has 0 spiro atoms. The number of H-pyrrole nitrogens is 1. The van der Waals surface area contributed by atoms with Gasteiger partial charge in [0.1, 0.15) is 16.6 Å². The van der Waals surface area contributed by atoms with E-state index in [-0.39, 0.29) is 5.56 Å². The number of aliphatic hydroxyl groups is 1. The van der Waals surface area contributed by atoms with Crippen LogP contribution in [0.4, 0.5) is 4.39 Å². The molecule has 0 unspecified atom stereocenters. The molecule has 0 saturated carbocycles. The Balaban J connectivity index is 2.27. The average molecular weight is 346 g/mol. The van der Waals surface area contributed by atoms with Crippen LogP contribution in [0.1, 0.15) is 26.3 Å². The third kappa shape index (κ3) is 3.03. The van der Waals surface area contributed by atoms with Gasteiger partial charge in [-0.1, -0.05) is 23.4 Å². The summed E-state index contributed by atoms with van der Waals surface area (Å²) < 4.78 is 16.3. The molecular weight excluding hydrogens is 329 g/mol. The summed E-state index contributed by atoms with van der Waals surface area (Å²) in [4.78, 5) is 0. The Morgan fingerprint density at radius 3 is 2.71 bits per heavy atom. The molecule has 24 heavy (non-hydrogen) atoms. The Labute approximate surface area is 144 Å². The molecule has 2 aromatic heterocycles. The van der Waals surface area contributed by atoms with Crippen LogP contribution in [0, 0.1) is 17.7 Å². The molecule has 0 radical (unpaired) electrons. The molecule has 0 fully saturated rings. The number of hydrogen-bond donors (Lipinski definition) is 2. The summed E-state index contributed by atoms with van der Waals surface area (Å²) in [6.45, 7) is 5.79. The lowest BCUT2D eigenvalue weighted by Gasteiger charge is -2.06. The first-order valence-electron chi connectivity index (χ1n) is 7.57. The number of nitrogens with one attached hydrogen (secondary N) is 1. The van der Waals surface area contributed by atoms with Crippen LogP contribution in [0.2, 0.25) is 5.15 Å². The second-order valence-electron chi connectivity index (χ2n) is 6.08. The van der Waals surface area contributed by atoms with Gasteiger partial charge in [0.25, 0.3) is 0 Å². The summed E-state index contributed by atoms with van der Waals surface area (Å²) in [5, 5.41) is 17.6. The van der Waals surface area contributed by atoms with E-state index >= 15 is 0 Å². The number of fused-ring (bicyclic) bond motifs is 1. The Hall–Kier alpha value is -2.29. The largest absolute Gasteiger partial charge is 0.378 e. The molecule has 0 aliphatic carbocycles. The normalized spacial score (nSPS) is 11.6. The second-order valence-corrected chi connectivity index (χ2v) is 6.46. The summed E-state index contributed by atoms with van der Waals surface area (Å²) in [5.41, 5.74) is 1.42. The van der Waals surface area contributed by atoms with E-state index in [0.717, 1.165) is 22.0 Å². The van der Waals surface area contributed by atoms with Gasteiger partial charge in [0.05, 0.1) is 17.3 Å². The van der Waals surface area contributed by atoms with Crippen LogP contribution >= 0.6 is 11.6 Å². The van der Waals surface area contributed by atoms with E-state index in [1.807, 2.05) is 17.7 Å². The molecule has 0 bridgehead atoms. The zero-order valence-electron chi connectivity index (χ0n) is 13.6. The predicted octanol–water partition coefficient (Wildman–Crippen LogP) is 3.97. The van der Waals surface area contributed by atoms with E-state index in [2.05, 4.69) is 22.0 Å². The van der Waals surface area contributed by atoms with Crippen molar-refractivity contribution in [3.8, 4) is 23.0 Å². The third-order valence-corrected chi connectivity index (χ3v) is 3.98. The third-order valence-electron chi connectivity index (χ3n) is 3.70. The van der Waals surface area contributed by atoms with E-state index in [1.54, 1.807) is 26.1 Å². The highest BCUT2D eigenvalue weighted by atomic mass is 35.5. The molecule has 0 saturated heterocycles. The number of nitrogens with zero attached hydrogens (tertiary/aromatic N) is 2. The zero-order chi connectivity index (χ0) is 17.5. The predicted molar refractivity (Wildman–Crippen MR) is 93.3 cm³/mol. The van der Waals surface area contributed by atoms with Crippen LogP contribution in [0.5, 0.6) is 0 Å². The van der Waals surface area contributed by atoms with Gasteiger partial charge in [-0.3, -0.25) is 5.10 Å². The number of rotatable bonds is 2. The standard InChI is InChI=1S/C18H17ClFN3O/c1-4-23-10-14(13-9-21-22-17(13)19)12-7-11(5-6-18(2,3)24)15(20)8-16(12)23/h7-10,24H,4H2,1-3H3,(H,21,22). The van der Waals surface area contributed by atoms with Crippen LogP contribution in [-0.4, -0.2) is 25.5 Å². The van der Waals surface area contributed by atoms with Gasteiger partial charge in [0.2, 0.25) is 0 Å². The Morgan fingerprint density at radius 2 is 2.12 bits per heavy atom. The van der Waals surface area contributed by atoms with Gasteiger partial charge in [0.15, 0.2) is 0 Å². The number of aromatic nitrogens is 3. The Morgan fingerprint density at radius 1 is 1.38 bits per heavy atom. The number of benzene rings is 1. The maximum Gasteiger partial charge on any atom is 0.140 e. The topological polar surface area (TPSA) is 53.8 Å². The van der Waals surface area contributed by atoms with Gasteiger partial charge in [-0.2, -0.15) is 5.10 Å². The highest BCUT2D eigenvalue weighted by Crippen LogP contribution is 2.35. The molecule has 0 amide bonds. The van der Waals surface area contributed by atoms with Crippen molar-refractivity contribution >= 4 is 22.5 Å². The number of aryl methyl sites for hydroxylation is 1. The highest BCUT2D eigenvalue weighted by molar-refractivity contribution is 6.32. The van der Waals surface area contributed by atoms with Gasteiger partial charge < -0.3 is 9.67 Å². The molecule has 4 nitrogen and oxygen atoms in total. The zero-order valence-corrected chi connectivity index (χ0v) is 14.4. The summed E-state index contributed by atoms with van der Waals surface area (Å²) >= 11 is 6.16. The molecule has 1 aromatic carbocycles. The number of aromatic amines is 1. The quantitative estimate of drug-likeness (QED) is 0.690. The van der Waals surface area contributed by atoms with E-state index < -0.39 is 11.4 Å². The molecule has 0 atom stereocenters. The smallest absolute Gasteiger partial charge is 0.140 e. The van der Waals surface area contributed by atoms with Crippen LogP contribution in [-0.2, 0) is 6.54 Å². The lowest BCUT2D eigenvalue weighted by molar-refractivity contribution is 0.143. The van der Waals surface area contributed by atoms with Crippen molar-refractivity contribution in [2.75, 3.05) is 0 Å². The lowest BCUT2D eigenvalue weighted by atomic mass is 10.0. The molecule has 0 aliphatic rings. The van der Waals surface area contributed by atoms with Crippen molar-refractivity contribution in [2.45, 2.75) is 32.9 Å². The van der Waals surface area contributed by atoms with Crippen molar-refractivity contribution < 1.29 is 9.50 Å². The lowest BCUT2D eigenvalue weighted by Crippen LogP contribution is -2.14. The SMILES string of the molecule is CCn1cc(-c2cn[nH]c2Cl)c2cc(C#CC(C)(C)O)c(F)cc21.